The van der Waals surface area contributed by atoms with Gasteiger partial charge in [0.25, 0.3) is 0 Å². The minimum absolute atomic E-state index is 0.0110. The standard InChI is InChI=1S/C45H58N14O11.C4H11N3/c1-24(60)54-31(9-5-17-51-45(48)49)41(67)57-32-14-15-36(61)50-16-4-8-30(39(47)65)56-43(69)34(19-27-22-52-29-7-3-2-6-28(27)29)55-37(62)23-53-40(66)33(18-25-10-12-26(21-46)13-11-25)58-44(70)35(20-38(63)64)59-42(32)68;1-2-3-7-4(5)6/h2-3,6-7,10-13,22,30-35,52H,4-5,8-9,14-20,23H2,1H3,(H2,47,65)(H,50,61)(H,53,66)(H,54,60)(H,55,62)(H,56,69)(H,57,67)(H,58,70)(H,59,68)(H,63,64)(H4,48,49,51);2-3H2,1H3,(H4,5,6,7)/t30?,31-,32?,33?,34-,35-;/m0./s1. The number of guanidine groups is 2. The number of carbonyl (C=O) groups is 10. The largest absolute Gasteiger partial charge is 0.481 e. The molecule has 1 aromatic heterocycles. The summed E-state index contributed by atoms with van der Waals surface area (Å²) in [6, 6.07) is 6.14. The number of aromatic amines is 1. The fourth-order valence-corrected chi connectivity index (χ4v) is 7.61. The molecule has 0 spiro atoms. The van der Waals surface area contributed by atoms with Crippen molar-refractivity contribution < 1.29 is 53.1 Å². The molecule has 416 valence electrons. The van der Waals surface area contributed by atoms with Gasteiger partial charge in [0.05, 0.1) is 24.6 Å². The summed E-state index contributed by atoms with van der Waals surface area (Å²) in [4.78, 5) is 144. The number of carboxylic acids is 1. The number of hydrogen-bond acceptors (Lipinski definition) is 13. The number of nitriles is 1. The Morgan fingerprint density at radius 2 is 1.43 bits per heavy atom. The second kappa shape index (κ2) is 32.1. The Labute approximate surface area is 443 Å². The van der Waals surface area contributed by atoms with Crippen molar-refractivity contribution in [3.8, 4) is 6.07 Å². The number of nitrogens with one attached hydrogen (secondary N) is 9. The molecule has 2 aromatic carbocycles. The number of carboxylic acid groups (broad SMARTS) is 1. The molecule has 0 aliphatic carbocycles. The molecule has 0 bridgehead atoms. The lowest BCUT2D eigenvalue weighted by Gasteiger charge is -2.26. The molecule has 2 heterocycles. The van der Waals surface area contributed by atoms with Crippen LogP contribution in [0.5, 0.6) is 0 Å². The lowest BCUT2D eigenvalue weighted by Crippen LogP contribution is -2.59. The Hall–Kier alpha value is -9.29. The number of primary amides is 1. The fourth-order valence-electron chi connectivity index (χ4n) is 7.61. The van der Waals surface area contributed by atoms with Crippen LogP contribution in [0, 0.1) is 11.3 Å². The number of H-pyrrole nitrogens is 1. The van der Waals surface area contributed by atoms with Crippen molar-refractivity contribution in [2.75, 3.05) is 26.2 Å². The number of nitrogens with two attached hydrogens (primary N) is 5. The van der Waals surface area contributed by atoms with Gasteiger partial charge in [0.1, 0.15) is 36.3 Å². The highest BCUT2D eigenvalue weighted by atomic mass is 16.4. The van der Waals surface area contributed by atoms with Crippen molar-refractivity contribution in [2.45, 2.75) is 114 Å². The van der Waals surface area contributed by atoms with Gasteiger partial charge in [0.15, 0.2) is 11.9 Å². The average Bonchev–Trinajstić information content (AvgIpc) is 3.79. The molecule has 4 rings (SSSR count). The minimum atomic E-state index is -1.90. The maximum atomic E-state index is 14.0. The number of rotatable bonds is 16. The van der Waals surface area contributed by atoms with E-state index < -0.39 is 121 Å². The first-order valence-corrected chi connectivity index (χ1v) is 24.6. The number of aliphatic imine (C=N–C) groups is 2. The molecule has 28 heteroatoms. The first-order valence-electron chi connectivity index (χ1n) is 24.6. The summed E-state index contributed by atoms with van der Waals surface area (Å²) in [5, 5.41) is 39.8. The summed E-state index contributed by atoms with van der Waals surface area (Å²) in [5.74, 6) is -9.55. The molecule has 0 radical (unpaired) electrons. The van der Waals surface area contributed by atoms with E-state index in [1.165, 1.54) is 24.3 Å². The molecule has 1 aliphatic heterocycles. The van der Waals surface area contributed by atoms with Crippen LogP contribution in [0.15, 0.2) is 64.7 Å². The van der Waals surface area contributed by atoms with E-state index in [1.807, 2.05) is 19.1 Å². The topological polar surface area (TPSA) is 482 Å². The molecule has 28 nitrogen and oxygen atoms in total. The third kappa shape index (κ3) is 22.8. The maximum absolute atomic E-state index is 14.0. The van der Waals surface area contributed by atoms with E-state index >= 15 is 0 Å². The smallest absolute Gasteiger partial charge is 0.305 e. The summed E-state index contributed by atoms with van der Waals surface area (Å²) in [6.07, 6.45) is 0.628. The highest BCUT2D eigenvalue weighted by molar-refractivity contribution is 5.98. The van der Waals surface area contributed by atoms with Gasteiger partial charge in [-0.2, -0.15) is 5.26 Å². The molecule has 1 fully saturated rings. The molecule has 77 heavy (non-hydrogen) atoms. The van der Waals surface area contributed by atoms with E-state index in [4.69, 9.17) is 28.7 Å². The Morgan fingerprint density at radius 3 is 2.05 bits per heavy atom. The first kappa shape index (κ1) is 62.0. The molecule has 0 saturated carbocycles. The van der Waals surface area contributed by atoms with Gasteiger partial charge >= 0.3 is 5.97 Å². The van der Waals surface area contributed by atoms with Crippen LogP contribution >= 0.6 is 0 Å². The molecule has 9 amide bonds. The van der Waals surface area contributed by atoms with Crippen molar-refractivity contribution in [1.29, 1.82) is 5.26 Å². The summed E-state index contributed by atoms with van der Waals surface area (Å²) in [5.41, 5.74) is 28.5. The zero-order chi connectivity index (χ0) is 57.0. The van der Waals surface area contributed by atoms with E-state index in [0.29, 0.717) is 11.1 Å². The first-order chi connectivity index (χ1) is 36.6. The van der Waals surface area contributed by atoms with Crippen molar-refractivity contribution in [2.24, 2.45) is 38.7 Å². The Morgan fingerprint density at radius 1 is 0.779 bits per heavy atom. The van der Waals surface area contributed by atoms with Crippen LogP contribution in [0.1, 0.15) is 81.9 Å². The molecule has 1 aliphatic rings. The quantitative estimate of drug-likeness (QED) is 0.0372. The SMILES string of the molecule is CC(=O)N[C@@H](CCCN=C(N)N)C(=O)NC1CCC(=O)NCCCC(C(N)=O)NC(=O)[C@H](Cc2c[nH]c3ccccc23)NC(=O)CNC(=O)C(Cc2ccc(C#N)cc2)NC(=O)[C@H](CC(=O)O)NC1=O.CCCN=C(N)N. The number of aromatic nitrogens is 1. The van der Waals surface area contributed by atoms with Crippen molar-refractivity contribution in [1.82, 2.24) is 47.5 Å². The van der Waals surface area contributed by atoms with Gasteiger partial charge in [0.2, 0.25) is 53.2 Å². The predicted octanol–water partition coefficient (Wildman–Crippen LogP) is -3.76. The summed E-state index contributed by atoms with van der Waals surface area (Å²) >= 11 is 0. The predicted molar refractivity (Wildman–Crippen MR) is 281 cm³/mol. The monoisotopic (exact) mass is 1070 g/mol. The van der Waals surface area contributed by atoms with E-state index in [-0.39, 0.29) is 69.1 Å². The number of hydrogen-bond donors (Lipinski definition) is 15. The van der Waals surface area contributed by atoms with Gasteiger partial charge in [-0.1, -0.05) is 37.3 Å². The number of aliphatic carboxylic acids is 1. The van der Waals surface area contributed by atoms with Crippen LogP contribution in [0.3, 0.4) is 0 Å². The van der Waals surface area contributed by atoms with Crippen LogP contribution < -0.4 is 71.2 Å². The Bertz CT molecular complexity index is 2660. The van der Waals surface area contributed by atoms with E-state index in [1.54, 1.807) is 24.4 Å². The fraction of sp³-hybridized carbons (Fsp3) is 0.449. The van der Waals surface area contributed by atoms with Crippen LogP contribution in [-0.4, -0.2) is 144 Å². The average molecular weight is 1070 g/mol. The molecule has 3 aromatic rings. The molecule has 6 atom stereocenters. The van der Waals surface area contributed by atoms with Crippen LogP contribution in [0.2, 0.25) is 0 Å². The van der Waals surface area contributed by atoms with E-state index in [9.17, 15) is 58.3 Å². The number of amides is 9. The van der Waals surface area contributed by atoms with Gasteiger partial charge in [-0.3, -0.25) is 57.9 Å². The zero-order valence-corrected chi connectivity index (χ0v) is 42.8. The van der Waals surface area contributed by atoms with Gasteiger partial charge in [-0.25, -0.2) is 0 Å². The highest BCUT2D eigenvalue weighted by Gasteiger charge is 2.34. The molecule has 3 unspecified atom stereocenters. The lowest BCUT2D eigenvalue weighted by molar-refractivity contribution is -0.141. The van der Waals surface area contributed by atoms with Gasteiger partial charge in [-0.15, -0.1) is 0 Å². The molecular weight excluding hydrogens is 1000 g/mol. The van der Waals surface area contributed by atoms with Crippen molar-refractivity contribution in [3.63, 3.8) is 0 Å². The van der Waals surface area contributed by atoms with Crippen molar-refractivity contribution in [3.05, 3.63) is 71.4 Å². The van der Waals surface area contributed by atoms with E-state index in [0.717, 1.165) is 30.8 Å². The molecule has 20 N–H and O–H groups in total. The third-order valence-electron chi connectivity index (χ3n) is 11.4. The highest BCUT2D eigenvalue weighted by Crippen LogP contribution is 2.19. The van der Waals surface area contributed by atoms with Crippen LogP contribution in [0.25, 0.3) is 10.9 Å². The summed E-state index contributed by atoms with van der Waals surface area (Å²) < 4.78 is 0. The number of benzene rings is 2. The van der Waals surface area contributed by atoms with E-state index in [2.05, 4.69) is 57.5 Å². The normalized spacial score (nSPS) is 19.5. The van der Waals surface area contributed by atoms with Gasteiger partial charge in [-0.05, 0) is 67.9 Å². The van der Waals surface area contributed by atoms with Gasteiger partial charge < -0.3 is 81.3 Å². The van der Waals surface area contributed by atoms with Crippen LogP contribution in [-0.2, 0) is 60.8 Å². The maximum Gasteiger partial charge on any atom is 0.305 e. The summed E-state index contributed by atoms with van der Waals surface area (Å²) in [6.45, 7) is 3.19. The van der Waals surface area contributed by atoms with Crippen LogP contribution in [0.4, 0.5) is 0 Å². The van der Waals surface area contributed by atoms with Gasteiger partial charge in [0, 0.05) is 62.9 Å². The number of carbonyl (C=O) groups excluding carboxylic acids is 9. The Kier molecular flexibility index (Phi) is 25.9. The number of fused-ring (bicyclic) bond motifs is 1. The summed E-state index contributed by atoms with van der Waals surface area (Å²) in [7, 11) is 0. The second-order valence-corrected chi connectivity index (χ2v) is 17.7. The second-order valence-electron chi connectivity index (χ2n) is 17.7. The lowest BCUT2D eigenvalue weighted by atomic mass is 10.0. The Balaban J connectivity index is 0.00000208. The minimum Gasteiger partial charge on any atom is -0.481 e. The third-order valence-corrected chi connectivity index (χ3v) is 11.4. The molecule has 1 saturated heterocycles. The number of para-hydroxylation sites is 1. The van der Waals surface area contributed by atoms with Crippen molar-refractivity contribution >= 4 is 82.0 Å². The zero-order valence-electron chi connectivity index (χ0n) is 42.8. The number of nitrogens with zero attached hydrogens (tertiary/aromatic N) is 3. The molecular formula is C49H69N17O11.